The van der Waals surface area contributed by atoms with Crippen molar-refractivity contribution in [2.24, 2.45) is 0 Å². The Morgan fingerprint density at radius 3 is 2.48 bits per heavy atom. The van der Waals surface area contributed by atoms with E-state index in [4.69, 9.17) is 9.47 Å². The third kappa shape index (κ3) is 5.18. The van der Waals surface area contributed by atoms with Crippen molar-refractivity contribution in [2.75, 3.05) is 30.9 Å². The summed E-state index contributed by atoms with van der Waals surface area (Å²) in [5.41, 5.74) is 0.778. The molecule has 2 aromatic rings. The van der Waals surface area contributed by atoms with Crippen molar-refractivity contribution in [3.05, 3.63) is 46.9 Å². The Morgan fingerprint density at radius 2 is 1.84 bits per heavy atom. The maximum absolute atomic E-state index is 12.5. The molecule has 0 aliphatic heterocycles. The van der Waals surface area contributed by atoms with Crippen LogP contribution in [-0.4, -0.2) is 35.2 Å². The van der Waals surface area contributed by atoms with Crippen LogP contribution in [0.3, 0.4) is 0 Å². The van der Waals surface area contributed by atoms with Crippen molar-refractivity contribution in [1.29, 1.82) is 0 Å². The number of rotatable bonds is 7. The van der Waals surface area contributed by atoms with Crippen molar-refractivity contribution in [1.82, 2.24) is 0 Å². The smallest absolute Gasteiger partial charge is 0.261 e. The Kier molecular flexibility index (Phi) is 6.40. The van der Waals surface area contributed by atoms with Crippen molar-refractivity contribution < 1.29 is 22.7 Å². The third-order valence-electron chi connectivity index (χ3n) is 3.11. The lowest BCUT2D eigenvalue weighted by atomic mass is 10.3. The highest BCUT2D eigenvalue weighted by molar-refractivity contribution is 9.10. The van der Waals surface area contributed by atoms with Gasteiger partial charge in [-0.3, -0.25) is 9.52 Å². The molecular formula is C16H17BrN2O5S. The van der Waals surface area contributed by atoms with E-state index in [9.17, 15) is 13.2 Å². The van der Waals surface area contributed by atoms with Crippen molar-refractivity contribution in [2.45, 2.75) is 4.90 Å². The first-order valence-corrected chi connectivity index (χ1v) is 9.38. The molecule has 25 heavy (non-hydrogen) atoms. The average Bonchev–Trinajstić information content (AvgIpc) is 2.54. The van der Waals surface area contributed by atoms with E-state index in [1.165, 1.54) is 32.4 Å². The summed E-state index contributed by atoms with van der Waals surface area (Å²) >= 11 is 3.26. The number of hydrogen-bond acceptors (Lipinski definition) is 5. The summed E-state index contributed by atoms with van der Waals surface area (Å²) in [6.45, 7) is -0.0875. The minimum atomic E-state index is -3.79. The van der Waals surface area contributed by atoms with Gasteiger partial charge in [-0.1, -0.05) is 6.07 Å². The SMILES string of the molecule is COCC(=O)Nc1cccc(NS(=O)(=O)c2ccc(OC)c(Br)c2)c1. The normalized spacial score (nSPS) is 11.0. The van der Waals surface area contributed by atoms with Crippen molar-refractivity contribution in [3.63, 3.8) is 0 Å². The molecule has 0 saturated carbocycles. The highest BCUT2D eigenvalue weighted by Crippen LogP contribution is 2.28. The number of sulfonamides is 1. The quantitative estimate of drug-likeness (QED) is 0.706. The number of methoxy groups -OCH3 is 2. The molecule has 0 spiro atoms. The van der Waals surface area contributed by atoms with Crippen LogP contribution in [0.5, 0.6) is 5.75 Å². The summed E-state index contributed by atoms with van der Waals surface area (Å²) in [6.07, 6.45) is 0. The number of carbonyl (C=O) groups excluding carboxylic acids is 1. The maximum atomic E-state index is 12.5. The lowest BCUT2D eigenvalue weighted by Crippen LogP contribution is -2.17. The minimum absolute atomic E-state index is 0.0778. The Bertz CT molecular complexity index is 871. The predicted octanol–water partition coefficient (Wildman–Crippen LogP) is 2.84. The Balaban J connectivity index is 2.20. The highest BCUT2D eigenvalue weighted by atomic mass is 79.9. The van der Waals surface area contributed by atoms with Crippen LogP contribution in [0, 0.1) is 0 Å². The van der Waals surface area contributed by atoms with E-state index in [-0.39, 0.29) is 17.4 Å². The van der Waals surface area contributed by atoms with Gasteiger partial charge in [-0.2, -0.15) is 0 Å². The van der Waals surface area contributed by atoms with Crippen molar-refractivity contribution >= 4 is 43.2 Å². The fourth-order valence-corrected chi connectivity index (χ4v) is 3.78. The van der Waals surface area contributed by atoms with Gasteiger partial charge >= 0.3 is 0 Å². The van der Waals surface area contributed by atoms with E-state index in [0.717, 1.165) is 0 Å². The van der Waals surface area contributed by atoms with Gasteiger partial charge in [0.25, 0.3) is 10.0 Å². The highest BCUT2D eigenvalue weighted by Gasteiger charge is 2.16. The van der Waals surface area contributed by atoms with E-state index in [1.807, 2.05) is 0 Å². The standard InChI is InChI=1S/C16H17BrN2O5S/c1-23-10-16(20)18-11-4-3-5-12(8-11)19-25(21,22)13-6-7-15(24-2)14(17)9-13/h3-9,19H,10H2,1-2H3,(H,18,20). The van der Waals surface area contributed by atoms with Gasteiger partial charge in [0.05, 0.1) is 22.2 Å². The topological polar surface area (TPSA) is 93.7 Å². The number of hydrogen-bond donors (Lipinski definition) is 2. The number of carbonyl (C=O) groups is 1. The van der Waals surface area contributed by atoms with Crippen LogP contribution in [0.25, 0.3) is 0 Å². The van der Waals surface area contributed by atoms with Crippen LogP contribution in [0.4, 0.5) is 11.4 Å². The van der Waals surface area contributed by atoms with E-state index >= 15 is 0 Å². The largest absolute Gasteiger partial charge is 0.496 e. The number of benzene rings is 2. The fourth-order valence-electron chi connectivity index (χ4n) is 2.02. The molecule has 7 nitrogen and oxygen atoms in total. The van der Waals surface area contributed by atoms with E-state index in [1.54, 1.807) is 24.3 Å². The molecule has 0 aromatic heterocycles. The first kappa shape index (κ1) is 19.2. The monoisotopic (exact) mass is 428 g/mol. The van der Waals surface area contributed by atoms with Gasteiger partial charge < -0.3 is 14.8 Å². The van der Waals surface area contributed by atoms with E-state index < -0.39 is 10.0 Å². The fraction of sp³-hybridized carbons (Fsp3) is 0.188. The summed E-state index contributed by atoms with van der Waals surface area (Å²) in [5, 5.41) is 2.61. The number of amides is 1. The molecule has 2 aromatic carbocycles. The van der Waals surface area contributed by atoms with Crippen LogP contribution in [0.15, 0.2) is 51.8 Å². The average molecular weight is 429 g/mol. The number of halogens is 1. The molecule has 0 fully saturated rings. The molecule has 0 aliphatic rings. The van der Waals surface area contributed by atoms with Gasteiger partial charge in [0.15, 0.2) is 0 Å². The number of nitrogens with one attached hydrogen (secondary N) is 2. The van der Waals surface area contributed by atoms with Gasteiger partial charge in [0.1, 0.15) is 12.4 Å². The Hall–Kier alpha value is -2.10. The van der Waals surface area contributed by atoms with E-state index in [2.05, 4.69) is 26.0 Å². The van der Waals surface area contributed by atoms with E-state index in [0.29, 0.717) is 21.6 Å². The van der Waals surface area contributed by atoms with Crippen LogP contribution < -0.4 is 14.8 Å². The summed E-state index contributed by atoms with van der Waals surface area (Å²) < 4.78 is 37.8. The van der Waals surface area contributed by atoms with Gasteiger partial charge in [0, 0.05) is 12.8 Å². The minimum Gasteiger partial charge on any atom is -0.496 e. The molecule has 0 unspecified atom stereocenters. The number of anilines is 2. The summed E-state index contributed by atoms with van der Waals surface area (Å²) in [7, 11) is -0.879. The summed E-state index contributed by atoms with van der Waals surface area (Å²) in [6, 6.07) is 10.8. The first-order valence-electron chi connectivity index (χ1n) is 7.11. The molecule has 0 bridgehead atoms. The molecule has 2 N–H and O–H groups in total. The molecule has 9 heteroatoms. The molecule has 2 rings (SSSR count). The molecule has 0 heterocycles. The van der Waals surface area contributed by atoms with Crippen molar-refractivity contribution in [3.8, 4) is 5.75 Å². The molecule has 0 saturated heterocycles. The molecule has 0 atom stereocenters. The van der Waals surface area contributed by atoms with Crippen LogP contribution >= 0.6 is 15.9 Å². The van der Waals surface area contributed by atoms with Crippen LogP contribution in [0.1, 0.15) is 0 Å². The predicted molar refractivity (Wildman–Crippen MR) is 98.5 cm³/mol. The van der Waals surface area contributed by atoms with Gasteiger partial charge in [-0.15, -0.1) is 0 Å². The second-order valence-electron chi connectivity index (χ2n) is 4.96. The molecular weight excluding hydrogens is 412 g/mol. The Morgan fingerprint density at radius 1 is 1.12 bits per heavy atom. The summed E-state index contributed by atoms with van der Waals surface area (Å²) in [4.78, 5) is 11.6. The molecule has 134 valence electrons. The lowest BCUT2D eigenvalue weighted by Gasteiger charge is -2.11. The third-order valence-corrected chi connectivity index (χ3v) is 5.11. The zero-order chi connectivity index (χ0) is 18.4. The second kappa shape index (κ2) is 8.32. The molecule has 1 amide bonds. The molecule has 0 radical (unpaired) electrons. The van der Waals surface area contributed by atoms with Crippen LogP contribution in [-0.2, 0) is 19.6 Å². The second-order valence-corrected chi connectivity index (χ2v) is 7.50. The van der Waals surface area contributed by atoms with Crippen LogP contribution in [0.2, 0.25) is 0 Å². The number of ether oxygens (including phenoxy) is 2. The van der Waals surface area contributed by atoms with Gasteiger partial charge in [-0.05, 0) is 52.3 Å². The summed E-state index contributed by atoms with van der Waals surface area (Å²) in [5.74, 6) is 0.198. The Labute approximate surface area is 154 Å². The zero-order valence-electron chi connectivity index (χ0n) is 13.6. The first-order chi connectivity index (χ1) is 11.9. The lowest BCUT2D eigenvalue weighted by molar-refractivity contribution is -0.119. The maximum Gasteiger partial charge on any atom is 0.261 e. The molecule has 0 aliphatic carbocycles. The van der Waals surface area contributed by atoms with Gasteiger partial charge in [-0.25, -0.2) is 8.42 Å². The zero-order valence-corrected chi connectivity index (χ0v) is 16.0. The van der Waals surface area contributed by atoms with Gasteiger partial charge in [0.2, 0.25) is 5.91 Å².